The average molecular weight is 188 g/mol. The summed E-state index contributed by atoms with van der Waals surface area (Å²) in [5.41, 5.74) is 2.47. The molecule has 0 nitrogen and oxygen atoms in total. The first-order valence-corrected chi connectivity index (χ1v) is 4.73. The first-order chi connectivity index (χ1) is 6.95. The maximum Gasteiger partial charge on any atom is 1.00 e. The second-order valence-electron chi connectivity index (χ2n) is 3.15. The van der Waals surface area contributed by atoms with E-state index in [1.54, 1.807) is 0 Å². The van der Waals surface area contributed by atoms with E-state index in [0.29, 0.717) is 0 Å². The predicted octanol–water partition coefficient (Wildman–Crippen LogP) is 0.974. The molecule has 0 saturated carbocycles. The summed E-state index contributed by atoms with van der Waals surface area (Å²) in [6.45, 7) is 0. The molecule has 2 rings (SSSR count). The van der Waals surface area contributed by atoms with Crippen molar-refractivity contribution in [3.8, 4) is 0 Å². The summed E-state index contributed by atoms with van der Waals surface area (Å²) in [5, 5.41) is 0. The Morgan fingerprint density at radius 2 is 0.933 bits per heavy atom. The Morgan fingerprint density at radius 1 is 0.600 bits per heavy atom. The smallest absolute Gasteiger partial charge is 1.00 e. The van der Waals surface area contributed by atoms with Gasteiger partial charge >= 0.3 is 18.9 Å². The molecule has 0 radical (unpaired) electrons. The molecular formula is C14H13Li. The van der Waals surface area contributed by atoms with Gasteiger partial charge in [0.2, 0.25) is 0 Å². The van der Waals surface area contributed by atoms with E-state index in [-0.39, 0.29) is 20.3 Å². The first kappa shape index (κ1) is 11.8. The van der Waals surface area contributed by atoms with E-state index in [9.17, 15) is 0 Å². The molecule has 0 amide bonds. The van der Waals surface area contributed by atoms with E-state index in [0.717, 1.165) is 0 Å². The van der Waals surface area contributed by atoms with Crippen molar-refractivity contribution in [2.45, 2.75) is 0 Å². The summed E-state index contributed by atoms with van der Waals surface area (Å²) < 4.78 is 0. The van der Waals surface area contributed by atoms with Gasteiger partial charge in [0.15, 0.2) is 0 Å². The third kappa shape index (κ3) is 3.79. The van der Waals surface area contributed by atoms with Crippen LogP contribution in [0.1, 0.15) is 12.6 Å². The number of benzene rings is 2. The van der Waals surface area contributed by atoms with Crippen molar-refractivity contribution in [2.24, 2.45) is 0 Å². The molecule has 0 heterocycles. The molecule has 1 heteroatoms. The summed E-state index contributed by atoms with van der Waals surface area (Å²) in [6, 6.07) is 20.6. The van der Waals surface area contributed by atoms with Gasteiger partial charge in [0.25, 0.3) is 0 Å². The van der Waals surface area contributed by atoms with E-state index in [2.05, 4.69) is 36.4 Å². The number of rotatable bonds is 2. The quantitative estimate of drug-likeness (QED) is 0.486. The summed E-state index contributed by atoms with van der Waals surface area (Å²) in [4.78, 5) is 0. The van der Waals surface area contributed by atoms with Gasteiger partial charge in [0, 0.05) is 0 Å². The molecule has 70 valence electrons. The largest absolute Gasteiger partial charge is 1.00 e. The molecule has 0 saturated heterocycles. The van der Waals surface area contributed by atoms with Crippen molar-refractivity contribution >= 4 is 12.2 Å². The van der Waals surface area contributed by atoms with Gasteiger partial charge in [0.1, 0.15) is 0 Å². The Balaban J connectivity index is 0.00000112. The maximum absolute atomic E-state index is 2.12. The zero-order valence-electron chi connectivity index (χ0n) is 9.93. The summed E-state index contributed by atoms with van der Waals surface area (Å²) in [7, 11) is 0. The van der Waals surface area contributed by atoms with Crippen LogP contribution in [0.25, 0.3) is 12.2 Å². The molecule has 2 aromatic rings. The van der Waals surface area contributed by atoms with E-state index in [4.69, 9.17) is 0 Å². The Kier molecular flexibility index (Phi) is 4.97. The van der Waals surface area contributed by atoms with Crippen LogP contribution in [0.15, 0.2) is 60.7 Å². The Morgan fingerprint density at radius 3 is 1.27 bits per heavy atom. The van der Waals surface area contributed by atoms with E-state index in [1.165, 1.54) is 11.1 Å². The summed E-state index contributed by atoms with van der Waals surface area (Å²) in [6.07, 6.45) is 4.24. The standard InChI is InChI=1S/C14H12.Li.H/c1-3-7-13(8-4-1)11-12-14-9-5-2-6-10-14;;/h1-12H;;/q;+1;-1. The first-order valence-electron chi connectivity index (χ1n) is 4.73. The molecule has 0 aliphatic heterocycles. The molecule has 0 atom stereocenters. The topological polar surface area (TPSA) is 0 Å². The summed E-state index contributed by atoms with van der Waals surface area (Å²) >= 11 is 0. The van der Waals surface area contributed by atoms with Crippen molar-refractivity contribution in [1.82, 2.24) is 0 Å². The molecule has 0 N–H and O–H groups in total. The molecule has 0 spiro atoms. The molecule has 0 fully saturated rings. The normalized spacial score (nSPS) is 9.87. The van der Waals surface area contributed by atoms with Gasteiger partial charge in [-0.05, 0) is 11.1 Å². The van der Waals surface area contributed by atoms with Gasteiger partial charge in [0.05, 0.1) is 0 Å². The average Bonchev–Trinajstić information content (AvgIpc) is 2.29. The Labute approximate surface area is 104 Å². The van der Waals surface area contributed by atoms with Crippen LogP contribution in [0, 0.1) is 0 Å². The van der Waals surface area contributed by atoms with Crippen LogP contribution in [-0.2, 0) is 0 Å². The minimum absolute atomic E-state index is 0. The van der Waals surface area contributed by atoms with Crippen molar-refractivity contribution in [3.05, 3.63) is 71.8 Å². The Hall–Kier alpha value is -1.22. The monoisotopic (exact) mass is 188 g/mol. The molecule has 0 aliphatic carbocycles. The van der Waals surface area contributed by atoms with Gasteiger partial charge < -0.3 is 1.43 Å². The van der Waals surface area contributed by atoms with Crippen LogP contribution in [0.5, 0.6) is 0 Å². The second-order valence-corrected chi connectivity index (χ2v) is 3.15. The van der Waals surface area contributed by atoms with Crippen LogP contribution < -0.4 is 18.9 Å². The van der Waals surface area contributed by atoms with Crippen LogP contribution in [0.2, 0.25) is 0 Å². The van der Waals surface area contributed by atoms with E-state index in [1.807, 2.05) is 36.4 Å². The van der Waals surface area contributed by atoms with Gasteiger partial charge in [-0.2, -0.15) is 0 Å². The van der Waals surface area contributed by atoms with Gasteiger partial charge in [-0.15, -0.1) is 0 Å². The summed E-state index contributed by atoms with van der Waals surface area (Å²) in [5.74, 6) is 0. The molecule has 15 heavy (non-hydrogen) atoms. The van der Waals surface area contributed by atoms with Crippen LogP contribution in [0.3, 0.4) is 0 Å². The van der Waals surface area contributed by atoms with Crippen LogP contribution in [-0.4, -0.2) is 0 Å². The zero-order valence-corrected chi connectivity index (χ0v) is 8.93. The van der Waals surface area contributed by atoms with Gasteiger partial charge in [-0.3, -0.25) is 0 Å². The Bertz CT molecular complexity index is 368. The number of hydrogen-bond donors (Lipinski definition) is 0. The van der Waals surface area contributed by atoms with Crippen molar-refractivity contribution in [1.29, 1.82) is 0 Å². The van der Waals surface area contributed by atoms with E-state index < -0.39 is 0 Å². The van der Waals surface area contributed by atoms with Crippen molar-refractivity contribution in [3.63, 3.8) is 0 Å². The molecule has 0 aliphatic rings. The van der Waals surface area contributed by atoms with Crippen LogP contribution >= 0.6 is 0 Å². The molecular weight excluding hydrogens is 175 g/mol. The molecule has 0 aromatic heterocycles. The van der Waals surface area contributed by atoms with Crippen molar-refractivity contribution < 1.29 is 20.3 Å². The minimum Gasteiger partial charge on any atom is -1.00 e. The SMILES string of the molecule is C(=Cc1ccccc1)c1ccccc1.[H-].[Li+]. The third-order valence-corrected chi connectivity index (χ3v) is 2.07. The fourth-order valence-corrected chi connectivity index (χ4v) is 1.32. The molecule has 2 aromatic carbocycles. The van der Waals surface area contributed by atoms with Gasteiger partial charge in [-0.1, -0.05) is 72.8 Å². The zero-order chi connectivity index (χ0) is 9.64. The minimum atomic E-state index is 0. The fourth-order valence-electron chi connectivity index (χ4n) is 1.32. The number of hydrogen-bond acceptors (Lipinski definition) is 0. The fraction of sp³-hybridized carbons (Fsp3) is 0. The van der Waals surface area contributed by atoms with Crippen LogP contribution in [0.4, 0.5) is 0 Å². The van der Waals surface area contributed by atoms with E-state index >= 15 is 0 Å². The maximum atomic E-state index is 2.12. The molecule has 0 bridgehead atoms. The molecule has 0 unspecified atom stereocenters. The third-order valence-electron chi connectivity index (χ3n) is 2.07. The second kappa shape index (κ2) is 6.30. The van der Waals surface area contributed by atoms with Crippen molar-refractivity contribution in [2.75, 3.05) is 0 Å². The predicted molar refractivity (Wildman–Crippen MR) is 62.9 cm³/mol. The van der Waals surface area contributed by atoms with Gasteiger partial charge in [-0.25, -0.2) is 0 Å².